The summed E-state index contributed by atoms with van der Waals surface area (Å²) in [4.78, 5) is 12.3. The maximum absolute atomic E-state index is 14.1. The molecule has 0 bridgehead atoms. The standard InChI is InChI=1S/C24H24F5N5OS/c1-14-11-21(24(27,28)29)31-34(14)10-9-33-7-5-15(6-8-33)23-30-19(13-36-23)18-12-20(35-32-18)22-16(25)3-2-4-17(22)26/h2-4,11,13,15,20H,5-10,12H2,1H3/t20-/m0/s1. The van der Waals surface area contributed by atoms with Gasteiger partial charge in [-0.25, -0.2) is 13.8 Å². The maximum Gasteiger partial charge on any atom is 0.435 e. The van der Waals surface area contributed by atoms with Gasteiger partial charge >= 0.3 is 6.18 Å². The van der Waals surface area contributed by atoms with Gasteiger partial charge in [0.15, 0.2) is 11.8 Å². The van der Waals surface area contributed by atoms with E-state index in [1.807, 2.05) is 5.38 Å². The number of likely N-dealkylation sites (tertiary alicyclic amines) is 1. The lowest BCUT2D eigenvalue weighted by Crippen LogP contribution is -2.35. The molecule has 1 aromatic carbocycles. The number of aromatic nitrogens is 3. The van der Waals surface area contributed by atoms with E-state index < -0.39 is 29.6 Å². The normalized spacial score (nSPS) is 19.5. The second-order valence-corrected chi connectivity index (χ2v) is 9.94. The summed E-state index contributed by atoms with van der Waals surface area (Å²) in [5.41, 5.74) is 0.730. The molecule has 192 valence electrons. The summed E-state index contributed by atoms with van der Waals surface area (Å²) in [6.07, 6.45) is -3.26. The van der Waals surface area contributed by atoms with Gasteiger partial charge < -0.3 is 9.74 Å². The fraction of sp³-hybridized carbons (Fsp3) is 0.458. The van der Waals surface area contributed by atoms with Crippen LogP contribution in [0.2, 0.25) is 0 Å². The van der Waals surface area contributed by atoms with Crippen LogP contribution in [0.5, 0.6) is 0 Å². The maximum atomic E-state index is 14.1. The Kier molecular flexibility index (Phi) is 6.82. The van der Waals surface area contributed by atoms with Crippen molar-refractivity contribution in [1.29, 1.82) is 0 Å². The first-order chi connectivity index (χ1) is 17.2. The smallest absolute Gasteiger partial charge is 0.387 e. The van der Waals surface area contributed by atoms with Gasteiger partial charge in [-0.15, -0.1) is 11.3 Å². The summed E-state index contributed by atoms with van der Waals surface area (Å²) < 4.78 is 68.2. The third-order valence-corrected chi connectivity index (χ3v) is 7.65. The molecule has 0 unspecified atom stereocenters. The van der Waals surface area contributed by atoms with Crippen LogP contribution in [0.3, 0.4) is 0 Å². The minimum Gasteiger partial charge on any atom is -0.387 e. The molecule has 2 aromatic heterocycles. The number of rotatable bonds is 6. The molecule has 3 aromatic rings. The van der Waals surface area contributed by atoms with Crippen LogP contribution in [0.1, 0.15) is 58.9 Å². The second kappa shape index (κ2) is 9.89. The van der Waals surface area contributed by atoms with Gasteiger partial charge in [0.2, 0.25) is 0 Å². The van der Waals surface area contributed by atoms with Gasteiger partial charge in [-0.2, -0.15) is 18.3 Å². The second-order valence-electron chi connectivity index (χ2n) is 9.05. The largest absolute Gasteiger partial charge is 0.435 e. The Morgan fingerprint density at radius 1 is 1.11 bits per heavy atom. The van der Waals surface area contributed by atoms with Gasteiger partial charge in [0.05, 0.1) is 22.8 Å². The molecule has 0 amide bonds. The van der Waals surface area contributed by atoms with Gasteiger partial charge in [0, 0.05) is 30.0 Å². The highest BCUT2D eigenvalue weighted by molar-refractivity contribution is 7.10. The summed E-state index contributed by atoms with van der Waals surface area (Å²) in [5.74, 6) is -1.05. The summed E-state index contributed by atoms with van der Waals surface area (Å²) in [6.45, 7) is 4.27. The lowest BCUT2D eigenvalue weighted by molar-refractivity contribution is -0.141. The van der Waals surface area contributed by atoms with E-state index in [-0.39, 0.29) is 17.9 Å². The van der Waals surface area contributed by atoms with Crippen molar-refractivity contribution < 1.29 is 26.8 Å². The molecule has 4 heterocycles. The molecule has 0 radical (unpaired) electrons. The Morgan fingerprint density at radius 3 is 2.50 bits per heavy atom. The minimum absolute atomic E-state index is 0.126. The summed E-state index contributed by atoms with van der Waals surface area (Å²) >= 11 is 1.53. The molecule has 1 atom stereocenters. The zero-order chi connectivity index (χ0) is 25.4. The molecule has 0 spiro atoms. The van der Waals surface area contributed by atoms with Gasteiger partial charge in [-0.05, 0) is 51.1 Å². The van der Waals surface area contributed by atoms with Crippen molar-refractivity contribution in [2.45, 2.75) is 50.9 Å². The number of hydrogen-bond acceptors (Lipinski definition) is 6. The predicted octanol–water partition coefficient (Wildman–Crippen LogP) is 5.69. The van der Waals surface area contributed by atoms with Crippen molar-refractivity contribution in [3.05, 3.63) is 68.9 Å². The van der Waals surface area contributed by atoms with E-state index in [1.54, 1.807) is 6.92 Å². The lowest BCUT2D eigenvalue weighted by atomic mass is 9.97. The molecule has 5 rings (SSSR count). The highest BCUT2D eigenvalue weighted by Crippen LogP contribution is 2.35. The minimum atomic E-state index is -4.44. The molecule has 1 saturated heterocycles. The fourth-order valence-electron chi connectivity index (χ4n) is 4.62. The number of hydrogen-bond donors (Lipinski definition) is 0. The summed E-state index contributed by atoms with van der Waals surface area (Å²) in [5, 5.41) is 10.6. The van der Waals surface area contributed by atoms with E-state index in [1.165, 1.54) is 34.2 Å². The molecule has 0 aliphatic carbocycles. The van der Waals surface area contributed by atoms with Crippen molar-refractivity contribution in [2.75, 3.05) is 19.6 Å². The number of piperidine rings is 1. The molecular formula is C24H24F5N5OS. The van der Waals surface area contributed by atoms with E-state index in [4.69, 9.17) is 9.82 Å². The van der Waals surface area contributed by atoms with Crippen molar-refractivity contribution in [1.82, 2.24) is 19.7 Å². The van der Waals surface area contributed by atoms with Gasteiger partial charge in [-0.3, -0.25) is 4.68 Å². The van der Waals surface area contributed by atoms with Gasteiger partial charge in [0.25, 0.3) is 0 Å². The van der Waals surface area contributed by atoms with Crippen LogP contribution >= 0.6 is 11.3 Å². The first kappa shape index (κ1) is 24.8. The van der Waals surface area contributed by atoms with Gasteiger partial charge in [-0.1, -0.05) is 11.2 Å². The van der Waals surface area contributed by atoms with E-state index in [0.717, 1.165) is 37.0 Å². The molecule has 12 heteroatoms. The first-order valence-corrected chi connectivity index (χ1v) is 12.5. The zero-order valence-corrected chi connectivity index (χ0v) is 20.3. The number of aryl methyl sites for hydroxylation is 1. The average Bonchev–Trinajstić information content (AvgIpc) is 3.58. The number of benzene rings is 1. The Hall–Kier alpha value is -2.86. The number of oxime groups is 1. The number of thiazole rings is 1. The molecule has 0 saturated carbocycles. The number of alkyl halides is 3. The Labute approximate surface area is 208 Å². The SMILES string of the molecule is Cc1cc(C(F)(F)F)nn1CCN1CCC(c2nc(C3=NO[C@H](c4c(F)cccc4F)C3)cs2)CC1. The van der Waals surface area contributed by atoms with E-state index >= 15 is 0 Å². The zero-order valence-electron chi connectivity index (χ0n) is 19.4. The molecular weight excluding hydrogens is 501 g/mol. The fourth-order valence-corrected chi connectivity index (χ4v) is 5.62. The van der Waals surface area contributed by atoms with E-state index in [2.05, 4.69) is 15.2 Å². The van der Waals surface area contributed by atoms with Crippen molar-refractivity contribution in [3.8, 4) is 0 Å². The van der Waals surface area contributed by atoms with Crippen LogP contribution < -0.4 is 0 Å². The van der Waals surface area contributed by atoms with Crippen molar-refractivity contribution >= 4 is 17.0 Å². The lowest BCUT2D eigenvalue weighted by Gasteiger charge is -2.31. The van der Waals surface area contributed by atoms with Crippen LogP contribution in [0.25, 0.3) is 0 Å². The molecule has 2 aliphatic heterocycles. The monoisotopic (exact) mass is 525 g/mol. The molecule has 0 N–H and O–H groups in total. The summed E-state index contributed by atoms with van der Waals surface area (Å²) in [7, 11) is 0. The van der Waals surface area contributed by atoms with Gasteiger partial charge in [0.1, 0.15) is 17.3 Å². The van der Waals surface area contributed by atoms with Crippen molar-refractivity contribution in [2.24, 2.45) is 5.16 Å². The van der Waals surface area contributed by atoms with Crippen LogP contribution in [-0.4, -0.2) is 45.0 Å². The van der Waals surface area contributed by atoms with Crippen LogP contribution in [-0.2, 0) is 17.6 Å². The molecule has 1 fully saturated rings. The highest BCUT2D eigenvalue weighted by atomic mass is 32.1. The van der Waals surface area contributed by atoms with Crippen molar-refractivity contribution in [3.63, 3.8) is 0 Å². The Balaban J connectivity index is 1.14. The third-order valence-electron chi connectivity index (χ3n) is 6.64. The molecule has 2 aliphatic rings. The average molecular weight is 526 g/mol. The van der Waals surface area contributed by atoms with Crippen LogP contribution in [0, 0.1) is 18.6 Å². The quantitative estimate of drug-likeness (QED) is 0.388. The third kappa shape index (κ3) is 5.15. The molecule has 36 heavy (non-hydrogen) atoms. The Bertz CT molecular complexity index is 1240. The number of halogens is 5. The van der Waals surface area contributed by atoms with Crippen LogP contribution in [0.15, 0.2) is 34.8 Å². The highest BCUT2D eigenvalue weighted by Gasteiger charge is 2.34. The Morgan fingerprint density at radius 2 is 1.83 bits per heavy atom. The topological polar surface area (TPSA) is 55.5 Å². The van der Waals surface area contributed by atoms with Crippen LogP contribution in [0.4, 0.5) is 22.0 Å². The van der Waals surface area contributed by atoms with E-state index in [9.17, 15) is 22.0 Å². The van der Waals surface area contributed by atoms with E-state index in [0.29, 0.717) is 30.2 Å². The summed E-state index contributed by atoms with van der Waals surface area (Å²) in [6, 6.07) is 4.78. The number of nitrogens with zero attached hydrogens (tertiary/aromatic N) is 5. The predicted molar refractivity (Wildman–Crippen MR) is 124 cm³/mol. The molecule has 6 nitrogen and oxygen atoms in total. The first-order valence-electron chi connectivity index (χ1n) is 11.7.